The number of halogens is 1. The predicted molar refractivity (Wildman–Crippen MR) is 70.8 cm³/mol. The molecule has 17 heavy (non-hydrogen) atoms. The fourth-order valence-corrected chi connectivity index (χ4v) is 1.52. The van der Waals surface area contributed by atoms with E-state index >= 15 is 0 Å². The quantitative estimate of drug-likeness (QED) is 0.820. The molecule has 2 aromatic rings. The zero-order chi connectivity index (χ0) is 12.3. The summed E-state index contributed by atoms with van der Waals surface area (Å²) in [6, 6.07) is 6.46. The summed E-state index contributed by atoms with van der Waals surface area (Å²) in [6.45, 7) is 0. The summed E-state index contributed by atoms with van der Waals surface area (Å²) < 4.78 is 0.973. The van der Waals surface area contributed by atoms with Gasteiger partial charge >= 0.3 is 0 Å². The Morgan fingerprint density at radius 1 is 1.29 bits per heavy atom. The molecule has 0 aliphatic carbocycles. The first-order valence-corrected chi connectivity index (χ1v) is 5.81. The van der Waals surface area contributed by atoms with E-state index < -0.39 is 5.91 Å². The number of nitrogens with zero attached hydrogens (tertiary/aromatic N) is 2. The van der Waals surface area contributed by atoms with Crippen molar-refractivity contribution in [3.8, 4) is 5.75 Å². The van der Waals surface area contributed by atoms with Gasteiger partial charge < -0.3 is 10.4 Å². The molecular weight excluding hydrogens is 333 g/mol. The molecule has 0 bridgehead atoms. The van der Waals surface area contributed by atoms with E-state index in [-0.39, 0.29) is 11.4 Å². The first-order valence-electron chi connectivity index (χ1n) is 4.74. The maximum absolute atomic E-state index is 11.7. The summed E-state index contributed by atoms with van der Waals surface area (Å²) >= 11 is 2.12. The Bertz CT molecular complexity index is 543. The van der Waals surface area contributed by atoms with Crippen molar-refractivity contribution in [2.75, 3.05) is 5.32 Å². The van der Waals surface area contributed by atoms with Crippen LogP contribution < -0.4 is 5.32 Å². The van der Waals surface area contributed by atoms with Crippen molar-refractivity contribution in [2.45, 2.75) is 0 Å². The molecule has 0 aliphatic heterocycles. The molecule has 0 spiro atoms. The number of carbonyl (C=O) groups excluding carboxylic acids is 1. The second-order valence-electron chi connectivity index (χ2n) is 3.19. The molecule has 0 atom stereocenters. The van der Waals surface area contributed by atoms with Crippen molar-refractivity contribution in [1.29, 1.82) is 0 Å². The molecular formula is C11H8IN3O2. The van der Waals surface area contributed by atoms with Gasteiger partial charge in [-0.1, -0.05) is 0 Å². The molecule has 1 amide bonds. The van der Waals surface area contributed by atoms with Crippen molar-refractivity contribution in [3.63, 3.8) is 0 Å². The Morgan fingerprint density at radius 2 is 2.12 bits per heavy atom. The van der Waals surface area contributed by atoms with Gasteiger partial charge in [-0.15, -0.1) is 0 Å². The Labute approximate surface area is 111 Å². The van der Waals surface area contributed by atoms with Crippen LogP contribution in [-0.4, -0.2) is 21.0 Å². The predicted octanol–water partition coefficient (Wildman–Crippen LogP) is 2.04. The number of aromatic nitrogens is 2. The topological polar surface area (TPSA) is 75.1 Å². The molecule has 2 N–H and O–H groups in total. The lowest BCUT2D eigenvalue weighted by molar-refractivity contribution is 0.101. The molecule has 0 saturated heterocycles. The highest BCUT2D eigenvalue weighted by Gasteiger charge is 2.12. The number of aromatic hydroxyl groups is 1. The molecule has 0 saturated carbocycles. The first-order chi connectivity index (χ1) is 8.16. The van der Waals surface area contributed by atoms with E-state index in [0.717, 1.165) is 3.57 Å². The summed E-state index contributed by atoms with van der Waals surface area (Å²) in [7, 11) is 0. The summed E-state index contributed by atoms with van der Waals surface area (Å²) in [5.41, 5.74) is -0.0205. The van der Waals surface area contributed by atoms with Gasteiger partial charge in [0.05, 0.1) is 0 Å². The number of pyridine rings is 2. The Kier molecular flexibility index (Phi) is 3.52. The minimum Gasteiger partial charge on any atom is -0.505 e. The molecule has 0 fully saturated rings. The minimum atomic E-state index is -0.489. The largest absolute Gasteiger partial charge is 0.505 e. The van der Waals surface area contributed by atoms with Crippen LogP contribution in [0.1, 0.15) is 10.5 Å². The highest BCUT2D eigenvalue weighted by Crippen LogP contribution is 2.14. The van der Waals surface area contributed by atoms with Crippen LogP contribution in [0.4, 0.5) is 5.82 Å². The average molecular weight is 341 g/mol. The number of rotatable bonds is 2. The molecule has 0 radical (unpaired) electrons. The van der Waals surface area contributed by atoms with E-state index in [1.807, 2.05) is 6.07 Å². The van der Waals surface area contributed by atoms with Crippen molar-refractivity contribution >= 4 is 34.3 Å². The maximum atomic E-state index is 11.7. The highest BCUT2D eigenvalue weighted by atomic mass is 127. The van der Waals surface area contributed by atoms with Crippen molar-refractivity contribution in [2.24, 2.45) is 0 Å². The van der Waals surface area contributed by atoms with Crippen LogP contribution in [-0.2, 0) is 0 Å². The molecule has 2 heterocycles. The monoisotopic (exact) mass is 341 g/mol. The average Bonchev–Trinajstić information content (AvgIpc) is 2.32. The molecule has 86 valence electrons. The number of nitrogens with one attached hydrogen (secondary N) is 1. The molecule has 6 heteroatoms. The molecule has 5 nitrogen and oxygen atoms in total. The minimum absolute atomic E-state index is 0.0205. The first kappa shape index (κ1) is 11.8. The SMILES string of the molecule is O=C(Nc1ccc(I)cn1)c1ncccc1O. The van der Waals surface area contributed by atoms with Crippen LogP contribution in [0.25, 0.3) is 0 Å². The fourth-order valence-electron chi connectivity index (χ4n) is 1.20. The van der Waals surface area contributed by atoms with Gasteiger partial charge in [0.1, 0.15) is 11.6 Å². The van der Waals surface area contributed by atoms with Crippen molar-refractivity contribution < 1.29 is 9.90 Å². The summed E-state index contributed by atoms with van der Waals surface area (Å²) in [5, 5.41) is 12.0. The molecule has 2 aromatic heterocycles. The lowest BCUT2D eigenvalue weighted by Gasteiger charge is -2.04. The van der Waals surface area contributed by atoms with Gasteiger partial charge in [0.2, 0.25) is 0 Å². The lowest BCUT2D eigenvalue weighted by Crippen LogP contribution is -2.14. The van der Waals surface area contributed by atoms with Crippen LogP contribution in [0.15, 0.2) is 36.7 Å². The van der Waals surface area contributed by atoms with Crippen LogP contribution in [0.3, 0.4) is 0 Å². The van der Waals surface area contributed by atoms with E-state index in [9.17, 15) is 9.90 Å². The summed E-state index contributed by atoms with van der Waals surface area (Å²) in [5.74, 6) is -0.229. The molecule has 2 rings (SSSR count). The van der Waals surface area contributed by atoms with Crippen molar-refractivity contribution in [1.82, 2.24) is 9.97 Å². The van der Waals surface area contributed by atoms with E-state index in [0.29, 0.717) is 5.82 Å². The van der Waals surface area contributed by atoms with Gasteiger partial charge in [0.25, 0.3) is 5.91 Å². The zero-order valence-corrected chi connectivity index (χ0v) is 10.7. The van der Waals surface area contributed by atoms with Crippen LogP contribution in [0.2, 0.25) is 0 Å². The number of hydrogen-bond donors (Lipinski definition) is 2. The van der Waals surface area contributed by atoms with Gasteiger partial charge in [0.15, 0.2) is 5.69 Å². The van der Waals surface area contributed by atoms with Crippen molar-refractivity contribution in [3.05, 3.63) is 45.9 Å². The smallest absolute Gasteiger partial charge is 0.279 e. The molecule has 0 unspecified atom stereocenters. The third-order valence-electron chi connectivity index (χ3n) is 1.97. The van der Waals surface area contributed by atoms with Gasteiger partial charge in [-0.2, -0.15) is 0 Å². The van der Waals surface area contributed by atoms with Gasteiger partial charge in [-0.25, -0.2) is 9.97 Å². The Balaban J connectivity index is 2.17. The van der Waals surface area contributed by atoms with E-state index in [1.54, 1.807) is 18.3 Å². The van der Waals surface area contributed by atoms with Crippen LogP contribution >= 0.6 is 22.6 Å². The molecule has 0 aliphatic rings. The fraction of sp³-hybridized carbons (Fsp3) is 0. The standard InChI is InChI=1S/C11H8IN3O2/c12-7-3-4-9(14-6-7)15-11(17)10-8(16)2-1-5-13-10/h1-6,16H,(H,14,15,17). The third-order valence-corrected chi connectivity index (χ3v) is 2.61. The van der Waals surface area contributed by atoms with E-state index in [4.69, 9.17) is 0 Å². The lowest BCUT2D eigenvalue weighted by atomic mass is 10.3. The number of amides is 1. The number of carbonyl (C=O) groups is 1. The second kappa shape index (κ2) is 5.09. The van der Waals surface area contributed by atoms with Gasteiger partial charge in [-0.3, -0.25) is 4.79 Å². The second-order valence-corrected chi connectivity index (χ2v) is 4.43. The van der Waals surface area contributed by atoms with E-state index in [1.165, 1.54) is 12.3 Å². The van der Waals surface area contributed by atoms with E-state index in [2.05, 4.69) is 37.9 Å². The highest BCUT2D eigenvalue weighted by molar-refractivity contribution is 14.1. The van der Waals surface area contributed by atoms with Gasteiger partial charge in [0, 0.05) is 16.0 Å². The normalized spacial score (nSPS) is 9.94. The van der Waals surface area contributed by atoms with Crippen LogP contribution in [0, 0.1) is 3.57 Å². The number of hydrogen-bond acceptors (Lipinski definition) is 4. The zero-order valence-electron chi connectivity index (χ0n) is 8.59. The Hall–Kier alpha value is -1.70. The number of anilines is 1. The summed E-state index contributed by atoms with van der Waals surface area (Å²) in [6.07, 6.45) is 3.07. The van der Waals surface area contributed by atoms with Gasteiger partial charge in [-0.05, 0) is 46.9 Å². The Morgan fingerprint density at radius 3 is 2.76 bits per heavy atom. The van der Waals surface area contributed by atoms with Crippen LogP contribution in [0.5, 0.6) is 5.75 Å². The summed E-state index contributed by atoms with van der Waals surface area (Å²) in [4.78, 5) is 19.6. The third kappa shape index (κ3) is 2.90. The maximum Gasteiger partial charge on any atom is 0.279 e. The molecule has 0 aromatic carbocycles.